The lowest BCUT2D eigenvalue weighted by molar-refractivity contribution is -0.118. The normalized spacial score (nSPS) is 15.8. The smallest absolute Gasteiger partial charge is 0.250 e. The molecule has 0 aromatic carbocycles. The van der Waals surface area contributed by atoms with Crippen molar-refractivity contribution in [3.63, 3.8) is 0 Å². The van der Waals surface area contributed by atoms with E-state index in [1.54, 1.807) is 11.4 Å². The molecule has 2 aromatic rings. The lowest BCUT2D eigenvalue weighted by Gasteiger charge is -2.20. The van der Waals surface area contributed by atoms with Gasteiger partial charge in [-0.05, 0) is 43.0 Å². The first-order valence-electron chi connectivity index (χ1n) is 8.22. The Morgan fingerprint density at radius 1 is 1.28 bits per heavy atom. The van der Waals surface area contributed by atoms with E-state index in [2.05, 4.69) is 15.0 Å². The maximum Gasteiger partial charge on any atom is 0.250 e. The van der Waals surface area contributed by atoms with Gasteiger partial charge in [0.05, 0.1) is 5.69 Å². The number of amides is 1. The van der Waals surface area contributed by atoms with Crippen molar-refractivity contribution in [2.75, 3.05) is 5.32 Å². The van der Waals surface area contributed by atoms with Crippen molar-refractivity contribution < 1.29 is 13.2 Å². The van der Waals surface area contributed by atoms with Gasteiger partial charge in [0, 0.05) is 4.88 Å². The van der Waals surface area contributed by atoms with Crippen LogP contribution < -0.4 is 10.0 Å². The zero-order chi connectivity index (χ0) is 18.0. The Morgan fingerprint density at radius 3 is 2.68 bits per heavy atom. The van der Waals surface area contributed by atoms with Crippen LogP contribution in [0.4, 0.5) is 5.13 Å². The van der Waals surface area contributed by atoms with Gasteiger partial charge in [0.2, 0.25) is 5.91 Å². The zero-order valence-electron chi connectivity index (χ0n) is 14.1. The highest BCUT2D eigenvalue weighted by Crippen LogP contribution is 2.29. The first-order chi connectivity index (χ1) is 11.9. The molecule has 9 heteroatoms. The Kier molecular flexibility index (Phi) is 5.57. The second kappa shape index (κ2) is 7.53. The van der Waals surface area contributed by atoms with Crippen LogP contribution in [-0.2, 0) is 27.7 Å². The molecule has 1 aliphatic rings. The van der Waals surface area contributed by atoms with E-state index in [0.29, 0.717) is 5.13 Å². The monoisotopic (exact) mass is 399 g/mol. The zero-order valence-corrected chi connectivity index (χ0v) is 16.6. The van der Waals surface area contributed by atoms with Gasteiger partial charge in [-0.2, -0.15) is 4.72 Å². The van der Waals surface area contributed by atoms with Crippen LogP contribution in [0.25, 0.3) is 0 Å². The lowest BCUT2D eigenvalue weighted by atomic mass is 10.0. The molecule has 6 nitrogen and oxygen atoms in total. The van der Waals surface area contributed by atoms with Crippen LogP contribution in [-0.4, -0.2) is 25.4 Å². The van der Waals surface area contributed by atoms with Gasteiger partial charge >= 0.3 is 0 Å². The van der Waals surface area contributed by atoms with E-state index >= 15 is 0 Å². The highest BCUT2D eigenvalue weighted by molar-refractivity contribution is 7.91. The number of hydrogen-bond donors (Lipinski definition) is 2. The third-order valence-electron chi connectivity index (χ3n) is 4.07. The number of rotatable bonds is 6. The predicted molar refractivity (Wildman–Crippen MR) is 101 cm³/mol. The third-order valence-corrected chi connectivity index (χ3v) is 7.98. The number of fused-ring (bicyclic) bond motifs is 1. The van der Waals surface area contributed by atoms with E-state index in [-0.39, 0.29) is 16.0 Å². The second-order valence-electron chi connectivity index (χ2n) is 6.36. The van der Waals surface area contributed by atoms with Crippen molar-refractivity contribution in [3.05, 3.63) is 28.1 Å². The van der Waals surface area contributed by atoms with Gasteiger partial charge in [-0.15, -0.1) is 22.7 Å². The first-order valence-corrected chi connectivity index (χ1v) is 11.4. The van der Waals surface area contributed by atoms with Crippen molar-refractivity contribution in [1.29, 1.82) is 0 Å². The van der Waals surface area contributed by atoms with Crippen LogP contribution in [0.1, 0.15) is 37.3 Å². The van der Waals surface area contributed by atoms with Crippen molar-refractivity contribution >= 4 is 43.7 Å². The Balaban J connectivity index is 1.74. The van der Waals surface area contributed by atoms with Crippen molar-refractivity contribution in [2.24, 2.45) is 5.92 Å². The first kappa shape index (κ1) is 18.5. The largest absolute Gasteiger partial charge is 0.301 e. The molecule has 1 aliphatic carbocycles. The van der Waals surface area contributed by atoms with E-state index in [1.165, 1.54) is 22.3 Å². The number of nitrogens with one attached hydrogen (secondary N) is 2. The number of hydrogen-bond acceptors (Lipinski definition) is 6. The SMILES string of the molecule is CC(C)[C@H](NS(=O)(=O)c1cccs1)C(=O)Nc1nc2c(s1)CCCC2. The van der Waals surface area contributed by atoms with Gasteiger partial charge in [0.1, 0.15) is 10.3 Å². The van der Waals surface area contributed by atoms with Gasteiger partial charge in [-0.3, -0.25) is 4.79 Å². The van der Waals surface area contributed by atoms with Crippen molar-refractivity contribution in [3.8, 4) is 0 Å². The minimum atomic E-state index is -3.71. The summed E-state index contributed by atoms with van der Waals surface area (Å²) in [4.78, 5) is 18.4. The molecule has 0 radical (unpaired) electrons. The predicted octanol–water partition coefficient (Wildman–Crippen LogP) is 3.03. The van der Waals surface area contributed by atoms with E-state index in [9.17, 15) is 13.2 Å². The van der Waals surface area contributed by atoms with Crippen LogP contribution in [0.3, 0.4) is 0 Å². The van der Waals surface area contributed by atoms with E-state index in [4.69, 9.17) is 0 Å². The molecule has 0 saturated carbocycles. The molecule has 0 fully saturated rings. The Bertz CT molecular complexity index is 818. The fraction of sp³-hybridized carbons (Fsp3) is 0.500. The summed E-state index contributed by atoms with van der Waals surface area (Å²) in [6, 6.07) is 2.34. The molecule has 2 aromatic heterocycles. The summed E-state index contributed by atoms with van der Waals surface area (Å²) in [5.74, 6) is -0.564. The standard InChI is InChI=1S/C16H21N3O3S3/c1-10(2)14(19-25(21,22)13-8-5-9-23-13)15(20)18-16-17-11-6-3-4-7-12(11)24-16/h5,8-10,14,19H,3-4,6-7H2,1-2H3,(H,17,18,20)/t14-/m0/s1. The molecule has 0 bridgehead atoms. The molecule has 0 aliphatic heterocycles. The number of carbonyl (C=O) groups excluding carboxylic acids is 1. The van der Waals surface area contributed by atoms with Crippen LogP contribution in [0.5, 0.6) is 0 Å². The molecule has 1 atom stereocenters. The fourth-order valence-corrected chi connectivity index (χ4v) is 6.13. The average Bonchev–Trinajstić information content (AvgIpc) is 3.21. The Labute approximate surface area is 155 Å². The quantitative estimate of drug-likeness (QED) is 0.781. The number of aromatic nitrogens is 1. The molecule has 3 rings (SSSR count). The number of thiophene rings is 1. The fourth-order valence-electron chi connectivity index (χ4n) is 2.72. The average molecular weight is 400 g/mol. The van der Waals surface area contributed by atoms with Crippen molar-refractivity contribution in [2.45, 2.75) is 49.8 Å². The molecular formula is C16H21N3O3S3. The number of anilines is 1. The molecule has 0 saturated heterocycles. The molecule has 1 amide bonds. The molecule has 0 unspecified atom stereocenters. The summed E-state index contributed by atoms with van der Waals surface area (Å²) in [7, 11) is -3.71. The van der Waals surface area contributed by atoms with Gasteiger partial charge in [0.15, 0.2) is 5.13 Å². The maximum atomic E-state index is 12.6. The van der Waals surface area contributed by atoms with Gasteiger partial charge < -0.3 is 5.32 Å². The maximum absolute atomic E-state index is 12.6. The van der Waals surface area contributed by atoms with Gasteiger partial charge in [-0.25, -0.2) is 13.4 Å². The summed E-state index contributed by atoms with van der Waals surface area (Å²) in [6.45, 7) is 3.63. The Hall–Kier alpha value is -1.29. The second-order valence-corrected chi connectivity index (χ2v) is 10.3. The number of sulfonamides is 1. The van der Waals surface area contributed by atoms with Crippen molar-refractivity contribution in [1.82, 2.24) is 9.71 Å². The van der Waals surface area contributed by atoms with E-state index in [1.807, 2.05) is 13.8 Å². The van der Waals surface area contributed by atoms with Crippen LogP contribution >= 0.6 is 22.7 Å². The minimum absolute atomic E-state index is 0.190. The summed E-state index contributed by atoms with van der Waals surface area (Å²) in [6.07, 6.45) is 4.22. The van der Waals surface area contributed by atoms with Gasteiger partial charge in [-0.1, -0.05) is 19.9 Å². The molecule has 2 heterocycles. The topological polar surface area (TPSA) is 88.2 Å². The molecule has 25 heavy (non-hydrogen) atoms. The number of aryl methyl sites for hydroxylation is 2. The highest BCUT2D eigenvalue weighted by atomic mass is 32.2. The lowest BCUT2D eigenvalue weighted by Crippen LogP contribution is -2.46. The highest BCUT2D eigenvalue weighted by Gasteiger charge is 2.29. The molecule has 0 spiro atoms. The van der Waals surface area contributed by atoms with Gasteiger partial charge in [0.25, 0.3) is 10.0 Å². The van der Waals surface area contributed by atoms with Crippen LogP contribution in [0, 0.1) is 5.92 Å². The van der Waals surface area contributed by atoms with Crippen LogP contribution in [0.15, 0.2) is 21.7 Å². The number of thiazole rings is 1. The third kappa shape index (κ3) is 4.28. The molecule has 136 valence electrons. The van der Waals surface area contributed by atoms with Crippen LogP contribution in [0.2, 0.25) is 0 Å². The van der Waals surface area contributed by atoms with E-state index < -0.39 is 16.1 Å². The summed E-state index contributed by atoms with van der Waals surface area (Å²) < 4.78 is 27.6. The number of carbonyl (C=O) groups is 1. The Morgan fingerprint density at radius 2 is 2.04 bits per heavy atom. The van der Waals surface area contributed by atoms with E-state index in [0.717, 1.165) is 42.7 Å². The summed E-state index contributed by atoms with van der Waals surface area (Å²) in [5.41, 5.74) is 1.06. The summed E-state index contributed by atoms with van der Waals surface area (Å²) >= 11 is 2.62. The molecule has 2 N–H and O–H groups in total. The number of nitrogens with zero attached hydrogens (tertiary/aromatic N) is 1. The summed E-state index contributed by atoms with van der Waals surface area (Å²) in [5, 5.41) is 5.04. The molecular weight excluding hydrogens is 378 g/mol. The minimum Gasteiger partial charge on any atom is -0.301 e.